The van der Waals surface area contributed by atoms with Crippen molar-refractivity contribution in [3.63, 3.8) is 0 Å². The molecule has 1 heterocycles. The number of hydrogen-bond acceptors (Lipinski definition) is 4. The molecule has 5 aromatic rings. The lowest BCUT2D eigenvalue weighted by Crippen LogP contribution is -2.20. The Balaban J connectivity index is 1.36. The fourth-order valence-corrected chi connectivity index (χ4v) is 3.85. The monoisotopic (exact) mass is 436 g/mol. The van der Waals surface area contributed by atoms with Crippen LogP contribution >= 0.6 is 0 Å². The van der Waals surface area contributed by atoms with Crippen LogP contribution in [0.25, 0.3) is 27.5 Å². The number of benzene rings is 4. The number of hydrogen-bond donors (Lipinski definition) is 1. The van der Waals surface area contributed by atoms with Gasteiger partial charge in [-0.25, -0.2) is 0 Å². The molecule has 6 nitrogen and oxygen atoms in total. The zero-order valence-corrected chi connectivity index (χ0v) is 18.6. The molecule has 1 N–H and O–H groups in total. The maximum Gasteiger partial charge on any atom is 0.262 e. The minimum absolute atomic E-state index is 0.0638. The second-order valence-corrected chi connectivity index (χ2v) is 7.98. The van der Waals surface area contributed by atoms with Crippen LogP contribution in [0.2, 0.25) is 0 Å². The Hall–Kier alpha value is -4.19. The summed E-state index contributed by atoms with van der Waals surface area (Å²) in [4.78, 5) is 14.1. The highest BCUT2D eigenvalue weighted by atomic mass is 16.5. The first kappa shape index (κ1) is 20.7. The number of nitrogens with one attached hydrogen (secondary N) is 1. The van der Waals surface area contributed by atoms with Crippen molar-refractivity contribution >= 4 is 33.4 Å². The van der Waals surface area contributed by atoms with Crippen LogP contribution in [0.15, 0.2) is 78.9 Å². The number of rotatable bonds is 6. The highest BCUT2D eigenvalue weighted by Gasteiger charge is 2.12. The van der Waals surface area contributed by atoms with E-state index in [-0.39, 0.29) is 12.5 Å². The van der Waals surface area contributed by atoms with E-state index >= 15 is 0 Å². The molecule has 0 aliphatic carbocycles. The molecule has 0 fully saturated rings. The Morgan fingerprint density at radius 1 is 0.939 bits per heavy atom. The summed E-state index contributed by atoms with van der Waals surface area (Å²) in [6, 6.07) is 25.8. The standard InChI is InChI=1S/C27H24N4O2/c1-3-19-11-13-21(14-12-19)33-17-27(32)28-23-16-25-24(15-18(23)2)29-31(30-25)26-10-6-8-20-7-4-5-9-22(20)26/h4-16H,3,17H2,1-2H3,(H,28,32). The van der Waals surface area contributed by atoms with Crippen molar-refractivity contribution < 1.29 is 9.53 Å². The SMILES string of the molecule is CCc1ccc(OCC(=O)Nc2cc3nn(-c4cccc5ccccc45)nc3cc2C)cc1. The van der Waals surface area contributed by atoms with Gasteiger partial charge in [0.2, 0.25) is 0 Å². The predicted octanol–water partition coefficient (Wildman–Crippen LogP) is 5.46. The van der Waals surface area contributed by atoms with Gasteiger partial charge in [0.05, 0.1) is 5.69 Å². The van der Waals surface area contributed by atoms with E-state index in [0.29, 0.717) is 17.0 Å². The molecule has 0 unspecified atom stereocenters. The summed E-state index contributed by atoms with van der Waals surface area (Å²) in [6.45, 7) is 3.98. The second-order valence-electron chi connectivity index (χ2n) is 7.98. The van der Waals surface area contributed by atoms with Crippen LogP contribution in [-0.2, 0) is 11.2 Å². The van der Waals surface area contributed by atoms with Crippen LogP contribution in [0.4, 0.5) is 5.69 Å². The van der Waals surface area contributed by atoms with Gasteiger partial charge in [-0.1, -0.05) is 55.5 Å². The van der Waals surface area contributed by atoms with Gasteiger partial charge in [0.1, 0.15) is 16.8 Å². The minimum atomic E-state index is -0.224. The maximum absolute atomic E-state index is 12.5. The molecule has 0 aliphatic rings. The second kappa shape index (κ2) is 8.74. The van der Waals surface area contributed by atoms with Crippen molar-refractivity contribution in [2.24, 2.45) is 0 Å². The zero-order chi connectivity index (χ0) is 22.8. The van der Waals surface area contributed by atoms with Gasteiger partial charge in [0, 0.05) is 11.1 Å². The highest BCUT2D eigenvalue weighted by Crippen LogP contribution is 2.25. The van der Waals surface area contributed by atoms with Crippen LogP contribution in [0.1, 0.15) is 18.1 Å². The van der Waals surface area contributed by atoms with Crippen molar-refractivity contribution in [2.75, 3.05) is 11.9 Å². The van der Waals surface area contributed by atoms with Gasteiger partial charge in [-0.3, -0.25) is 4.79 Å². The fourth-order valence-electron chi connectivity index (χ4n) is 3.85. The normalized spacial score (nSPS) is 11.1. The molecule has 164 valence electrons. The van der Waals surface area contributed by atoms with Crippen molar-refractivity contribution in [1.82, 2.24) is 15.0 Å². The molecule has 0 radical (unpaired) electrons. The summed E-state index contributed by atoms with van der Waals surface area (Å²) < 4.78 is 5.63. The first-order chi connectivity index (χ1) is 16.1. The van der Waals surface area contributed by atoms with E-state index < -0.39 is 0 Å². The van der Waals surface area contributed by atoms with E-state index in [4.69, 9.17) is 4.74 Å². The Morgan fingerprint density at radius 3 is 2.45 bits per heavy atom. The number of carbonyl (C=O) groups excluding carboxylic acids is 1. The van der Waals surface area contributed by atoms with Crippen molar-refractivity contribution in [1.29, 1.82) is 0 Å². The average Bonchev–Trinajstić information content (AvgIpc) is 3.25. The fraction of sp³-hybridized carbons (Fsp3) is 0.148. The zero-order valence-electron chi connectivity index (χ0n) is 18.6. The van der Waals surface area contributed by atoms with Crippen LogP contribution < -0.4 is 10.1 Å². The van der Waals surface area contributed by atoms with E-state index in [1.807, 2.05) is 67.6 Å². The number of fused-ring (bicyclic) bond motifs is 2. The van der Waals surface area contributed by atoms with E-state index in [1.165, 1.54) is 5.56 Å². The topological polar surface area (TPSA) is 69.0 Å². The van der Waals surface area contributed by atoms with Gasteiger partial charge >= 0.3 is 0 Å². The Morgan fingerprint density at radius 2 is 1.67 bits per heavy atom. The van der Waals surface area contributed by atoms with Crippen molar-refractivity contribution in [3.05, 3.63) is 90.0 Å². The van der Waals surface area contributed by atoms with E-state index in [1.54, 1.807) is 4.80 Å². The average molecular weight is 437 g/mol. The smallest absolute Gasteiger partial charge is 0.262 e. The third-order valence-electron chi connectivity index (χ3n) is 5.68. The maximum atomic E-state index is 12.5. The van der Waals surface area contributed by atoms with E-state index in [9.17, 15) is 4.79 Å². The van der Waals surface area contributed by atoms with Gasteiger partial charge in [-0.05, 0) is 60.2 Å². The summed E-state index contributed by atoms with van der Waals surface area (Å²) in [5, 5.41) is 14.5. The number of nitrogens with zero attached hydrogens (tertiary/aromatic N) is 3. The summed E-state index contributed by atoms with van der Waals surface area (Å²) in [5.74, 6) is 0.450. The predicted molar refractivity (Wildman–Crippen MR) is 131 cm³/mol. The molecule has 0 bridgehead atoms. The van der Waals surface area contributed by atoms with E-state index in [2.05, 4.69) is 40.6 Å². The van der Waals surface area contributed by atoms with Gasteiger partial charge in [0.15, 0.2) is 6.61 Å². The number of aryl methyl sites for hydroxylation is 2. The molecule has 5 rings (SSSR count). The summed E-state index contributed by atoms with van der Waals surface area (Å²) >= 11 is 0. The lowest BCUT2D eigenvalue weighted by molar-refractivity contribution is -0.118. The van der Waals surface area contributed by atoms with Gasteiger partial charge < -0.3 is 10.1 Å². The first-order valence-electron chi connectivity index (χ1n) is 11.0. The van der Waals surface area contributed by atoms with Gasteiger partial charge in [-0.2, -0.15) is 0 Å². The molecule has 1 amide bonds. The first-order valence-corrected chi connectivity index (χ1v) is 11.0. The summed E-state index contributed by atoms with van der Waals surface area (Å²) in [5.41, 5.74) is 5.23. The Bertz CT molecular complexity index is 1450. The molecule has 0 saturated carbocycles. The Labute approximate surface area is 191 Å². The molecular formula is C27H24N4O2. The number of aromatic nitrogens is 3. The molecular weight excluding hydrogens is 412 g/mol. The van der Waals surface area contributed by atoms with Crippen molar-refractivity contribution in [3.8, 4) is 11.4 Å². The number of anilines is 1. The molecule has 6 heteroatoms. The van der Waals surface area contributed by atoms with Crippen molar-refractivity contribution in [2.45, 2.75) is 20.3 Å². The molecule has 4 aromatic carbocycles. The molecule has 0 spiro atoms. The van der Waals surface area contributed by atoms with Crippen LogP contribution in [0.3, 0.4) is 0 Å². The lowest BCUT2D eigenvalue weighted by atomic mass is 10.1. The summed E-state index contributed by atoms with van der Waals surface area (Å²) in [7, 11) is 0. The third-order valence-corrected chi connectivity index (χ3v) is 5.68. The van der Waals surface area contributed by atoms with E-state index in [0.717, 1.165) is 34.0 Å². The molecule has 33 heavy (non-hydrogen) atoms. The summed E-state index contributed by atoms with van der Waals surface area (Å²) in [6.07, 6.45) is 0.966. The molecule has 0 atom stereocenters. The molecule has 1 aromatic heterocycles. The number of amides is 1. The van der Waals surface area contributed by atoms with Gasteiger partial charge in [-0.15, -0.1) is 15.0 Å². The van der Waals surface area contributed by atoms with Crippen LogP contribution in [0.5, 0.6) is 5.75 Å². The Kier molecular flexibility index (Phi) is 5.48. The van der Waals surface area contributed by atoms with Gasteiger partial charge in [0.25, 0.3) is 5.91 Å². The quantitative estimate of drug-likeness (QED) is 0.384. The highest BCUT2D eigenvalue weighted by molar-refractivity contribution is 5.95. The molecule has 0 aliphatic heterocycles. The molecule has 0 saturated heterocycles. The van der Waals surface area contributed by atoms with Crippen LogP contribution in [-0.4, -0.2) is 27.5 Å². The third kappa shape index (κ3) is 4.28. The van der Waals surface area contributed by atoms with Crippen LogP contribution in [0, 0.1) is 6.92 Å². The largest absolute Gasteiger partial charge is 0.484 e. The number of ether oxygens (including phenoxy) is 1. The lowest BCUT2D eigenvalue weighted by Gasteiger charge is -2.10. The number of carbonyl (C=O) groups is 1. The minimum Gasteiger partial charge on any atom is -0.484 e.